The van der Waals surface area contributed by atoms with Crippen LogP contribution in [0.15, 0.2) is 24.3 Å². The largest absolute Gasteiger partial charge is 0.376 e. The summed E-state index contributed by atoms with van der Waals surface area (Å²) < 4.78 is 5.71. The molecule has 0 bridgehead atoms. The van der Waals surface area contributed by atoms with E-state index < -0.39 is 0 Å². The highest BCUT2D eigenvalue weighted by Gasteiger charge is 2.19. The number of para-hydroxylation sites is 1. The first-order chi connectivity index (χ1) is 8.31. The van der Waals surface area contributed by atoms with Crippen LogP contribution < -0.4 is 10.4 Å². The van der Waals surface area contributed by atoms with Gasteiger partial charge in [0.1, 0.15) is 0 Å². The Labute approximate surface area is 104 Å². The summed E-state index contributed by atoms with van der Waals surface area (Å²) in [5.41, 5.74) is 5.97. The number of ether oxygens (including phenoxy) is 1. The predicted molar refractivity (Wildman–Crippen MR) is 71.2 cm³/mol. The van der Waals surface area contributed by atoms with Crippen molar-refractivity contribution in [1.29, 1.82) is 0 Å². The molecule has 1 N–H and O–H groups in total. The quantitative estimate of drug-likeness (QED) is 0.792. The van der Waals surface area contributed by atoms with Gasteiger partial charge in [0.25, 0.3) is 0 Å². The van der Waals surface area contributed by atoms with Gasteiger partial charge in [0.05, 0.1) is 18.3 Å². The third kappa shape index (κ3) is 3.20. The maximum Gasteiger partial charge on any atom is 0.0766 e. The van der Waals surface area contributed by atoms with Crippen molar-refractivity contribution >= 4 is 5.69 Å². The Hall–Kier alpha value is -1.06. The molecule has 1 atom stereocenters. The molecule has 1 aromatic rings. The average molecular weight is 234 g/mol. The van der Waals surface area contributed by atoms with E-state index in [0.29, 0.717) is 6.10 Å². The first kappa shape index (κ1) is 12.4. The summed E-state index contributed by atoms with van der Waals surface area (Å²) in [6.45, 7) is 7.05. The SMILES string of the molecule is CCNN(CC1CCCO1)c1ccccc1C. The molecular weight excluding hydrogens is 212 g/mol. The van der Waals surface area contributed by atoms with Gasteiger partial charge in [-0.05, 0) is 31.4 Å². The van der Waals surface area contributed by atoms with Crippen LogP contribution in [0.3, 0.4) is 0 Å². The van der Waals surface area contributed by atoms with Crippen molar-refractivity contribution in [3.63, 3.8) is 0 Å². The topological polar surface area (TPSA) is 24.5 Å². The summed E-state index contributed by atoms with van der Waals surface area (Å²) in [4.78, 5) is 0. The molecule has 94 valence electrons. The van der Waals surface area contributed by atoms with E-state index in [4.69, 9.17) is 4.74 Å². The van der Waals surface area contributed by atoms with Crippen molar-refractivity contribution < 1.29 is 4.74 Å². The summed E-state index contributed by atoms with van der Waals surface area (Å²) in [6, 6.07) is 8.47. The fourth-order valence-electron chi connectivity index (χ4n) is 2.30. The van der Waals surface area contributed by atoms with Gasteiger partial charge < -0.3 is 9.75 Å². The molecule has 2 rings (SSSR count). The predicted octanol–water partition coefficient (Wildman–Crippen LogP) is 2.50. The van der Waals surface area contributed by atoms with Crippen LogP contribution in [-0.2, 0) is 4.74 Å². The normalized spacial score (nSPS) is 19.5. The van der Waals surface area contributed by atoms with E-state index in [0.717, 1.165) is 19.7 Å². The van der Waals surface area contributed by atoms with Crippen molar-refractivity contribution in [2.24, 2.45) is 0 Å². The summed E-state index contributed by atoms with van der Waals surface area (Å²) in [5, 5.41) is 2.23. The Morgan fingerprint density at radius 1 is 1.41 bits per heavy atom. The second kappa shape index (κ2) is 6.03. The zero-order valence-electron chi connectivity index (χ0n) is 10.8. The fraction of sp³-hybridized carbons (Fsp3) is 0.571. The van der Waals surface area contributed by atoms with Crippen molar-refractivity contribution in [2.45, 2.75) is 32.8 Å². The monoisotopic (exact) mass is 234 g/mol. The van der Waals surface area contributed by atoms with Crippen LogP contribution >= 0.6 is 0 Å². The Balaban J connectivity index is 2.08. The maximum absolute atomic E-state index is 5.71. The molecule has 17 heavy (non-hydrogen) atoms. The number of hydrogen-bond acceptors (Lipinski definition) is 3. The van der Waals surface area contributed by atoms with Crippen LogP contribution in [0.4, 0.5) is 5.69 Å². The summed E-state index contributed by atoms with van der Waals surface area (Å²) >= 11 is 0. The van der Waals surface area contributed by atoms with E-state index in [1.807, 2.05) is 0 Å². The highest BCUT2D eigenvalue weighted by atomic mass is 16.5. The molecule has 1 aromatic carbocycles. The van der Waals surface area contributed by atoms with Crippen LogP contribution in [0, 0.1) is 6.92 Å². The van der Waals surface area contributed by atoms with Gasteiger partial charge in [-0.25, -0.2) is 5.43 Å². The van der Waals surface area contributed by atoms with Gasteiger partial charge in [0.15, 0.2) is 0 Å². The highest BCUT2D eigenvalue weighted by Crippen LogP contribution is 2.20. The lowest BCUT2D eigenvalue weighted by atomic mass is 10.1. The van der Waals surface area contributed by atoms with Gasteiger partial charge in [0, 0.05) is 13.2 Å². The molecule has 3 heteroatoms. The van der Waals surface area contributed by atoms with Crippen LogP contribution in [0.1, 0.15) is 25.3 Å². The van der Waals surface area contributed by atoms with Gasteiger partial charge in [-0.2, -0.15) is 0 Å². The van der Waals surface area contributed by atoms with Crippen LogP contribution in [0.5, 0.6) is 0 Å². The third-order valence-electron chi connectivity index (χ3n) is 3.17. The van der Waals surface area contributed by atoms with Crippen LogP contribution in [-0.4, -0.2) is 25.8 Å². The molecule has 1 heterocycles. The van der Waals surface area contributed by atoms with E-state index in [1.165, 1.54) is 24.1 Å². The molecule has 0 radical (unpaired) electrons. The number of hydrazine groups is 1. The molecule has 1 aliphatic heterocycles. The molecule has 0 spiro atoms. The zero-order chi connectivity index (χ0) is 12.1. The maximum atomic E-state index is 5.71. The molecule has 1 aliphatic rings. The number of nitrogens with one attached hydrogen (secondary N) is 1. The number of anilines is 1. The number of aryl methyl sites for hydroxylation is 1. The Bertz CT molecular complexity index is 348. The van der Waals surface area contributed by atoms with Crippen LogP contribution in [0.2, 0.25) is 0 Å². The lowest BCUT2D eigenvalue weighted by Gasteiger charge is -2.28. The first-order valence-corrected chi connectivity index (χ1v) is 6.49. The minimum atomic E-state index is 0.369. The molecule has 0 aromatic heterocycles. The number of benzene rings is 1. The fourth-order valence-corrected chi connectivity index (χ4v) is 2.30. The van der Waals surface area contributed by atoms with E-state index in [1.54, 1.807) is 0 Å². The average Bonchev–Trinajstić information content (AvgIpc) is 2.82. The van der Waals surface area contributed by atoms with Gasteiger partial charge in [-0.3, -0.25) is 0 Å². The number of rotatable bonds is 5. The Kier molecular flexibility index (Phi) is 4.40. The lowest BCUT2D eigenvalue weighted by Crippen LogP contribution is -2.43. The minimum Gasteiger partial charge on any atom is -0.376 e. The van der Waals surface area contributed by atoms with Gasteiger partial charge in [-0.15, -0.1) is 0 Å². The molecular formula is C14H22N2O. The molecule has 1 fully saturated rings. The minimum absolute atomic E-state index is 0.369. The summed E-state index contributed by atoms with van der Waals surface area (Å²) in [6.07, 6.45) is 2.74. The second-order valence-electron chi connectivity index (χ2n) is 4.54. The first-order valence-electron chi connectivity index (χ1n) is 6.49. The summed E-state index contributed by atoms with van der Waals surface area (Å²) in [5.74, 6) is 0. The highest BCUT2D eigenvalue weighted by molar-refractivity contribution is 5.52. The molecule has 1 unspecified atom stereocenters. The molecule has 1 saturated heterocycles. The van der Waals surface area contributed by atoms with Gasteiger partial charge in [0.2, 0.25) is 0 Å². The third-order valence-corrected chi connectivity index (χ3v) is 3.17. The van der Waals surface area contributed by atoms with Crippen molar-refractivity contribution in [2.75, 3.05) is 24.7 Å². The molecule has 3 nitrogen and oxygen atoms in total. The standard InChI is InChI=1S/C14H22N2O/c1-3-15-16(11-13-8-6-10-17-13)14-9-5-4-7-12(14)2/h4-5,7,9,13,15H,3,6,8,10-11H2,1-2H3. The Morgan fingerprint density at radius 3 is 2.88 bits per heavy atom. The smallest absolute Gasteiger partial charge is 0.0766 e. The number of nitrogens with zero attached hydrogens (tertiary/aromatic N) is 1. The van der Waals surface area contributed by atoms with E-state index >= 15 is 0 Å². The van der Waals surface area contributed by atoms with Gasteiger partial charge >= 0.3 is 0 Å². The zero-order valence-corrected chi connectivity index (χ0v) is 10.8. The molecule has 0 amide bonds. The van der Waals surface area contributed by atoms with Crippen molar-refractivity contribution in [3.8, 4) is 0 Å². The second-order valence-corrected chi connectivity index (χ2v) is 4.54. The number of hydrogen-bond donors (Lipinski definition) is 1. The van der Waals surface area contributed by atoms with Gasteiger partial charge in [-0.1, -0.05) is 25.1 Å². The van der Waals surface area contributed by atoms with E-state index in [-0.39, 0.29) is 0 Å². The lowest BCUT2D eigenvalue weighted by molar-refractivity contribution is 0.113. The van der Waals surface area contributed by atoms with Crippen LogP contribution in [0.25, 0.3) is 0 Å². The summed E-state index contributed by atoms with van der Waals surface area (Å²) in [7, 11) is 0. The van der Waals surface area contributed by atoms with E-state index in [9.17, 15) is 0 Å². The van der Waals surface area contributed by atoms with Crippen molar-refractivity contribution in [3.05, 3.63) is 29.8 Å². The molecule has 0 saturated carbocycles. The van der Waals surface area contributed by atoms with Crippen molar-refractivity contribution in [1.82, 2.24) is 5.43 Å². The molecule has 0 aliphatic carbocycles. The Morgan fingerprint density at radius 2 is 2.24 bits per heavy atom. The van der Waals surface area contributed by atoms with E-state index in [2.05, 4.69) is 48.5 Å².